The number of nitrogens with zero attached hydrogens (tertiary/aromatic N) is 2. The van der Waals surface area contributed by atoms with Crippen molar-refractivity contribution in [3.63, 3.8) is 0 Å². The fraction of sp³-hybridized carbons (Fsp3) is 0.468. The second kappa shape index (κ2) is 18.7. The van der Waals surface area contributed by atoms with Crippen LogP contribution in [0.15, 0.2) is 77.7 Å². The molecule has 1 saturated heterocycles. The third kappa shape index (κ3) is 10.5. The van der Waals surface area contributed by atoms with Gasteiger partial charge < -0.3 is 23.7 Å². The molecular formula is C47H58N2O10S2. The zero-order chi connectivity index (χ0) is 44.3. The van der Waals surface area contributed by atoms with Crippen LogP contribution in [0.25, 0.3) is 10.4 Å². The number of amides is 1. The van der Waals surface area contributed by atoms with Crippen molar-refractivity contribution in [2.45, 2.75) is 116 Å². The van der Waals surface area contributed by atoms with E-state index in [0.29, 0.717) is 52.5 Å². The summed E-state index contributed by atoms with van der Waals surface area (Å²) >= 11 is 1.35. The van der Waals surface area contributed by atoms with Crippen molar-refractivity contribution in [3.8, 4) is 21.9 Å². The SMILES string of the molecule is CCOC(=O)c1c(-c2ccccc2COc2ccc(C[C@H]3[C@@H](CN(CC(C)C)S(=O)(=O)c4ccc(OC)cc4)OC(C)(C)N3C(=O)OC(C)(C)C)cc2)sc2c1CCCC2=O. The molecule has 61 heavy (non-hydrogen) atoms. The Morgan fingerprint density at radius 1 is 0.967 bits per heavy atom. The summed E-state index contributed by atoms with van der Waals surface area (Å²) in [6, 6.07) is 21.0. The summed E-state index contributed by atoms with van der Waals surface area (Å²) in [7, 11) is -2.44. The molecule has 1 aliphatic heterocycles. The first-order chi connectivity index (χ1) is 28.8. The predicted molar refractivity (Wildman–Crippen MR) is 235 cm³/mol. The number of carbonyl (C=O) groups is 3. The number of fused-ring (bicyclic) bond motifs is 1. The van der Waals surface area contributed by atoms with Gasteiger partial charge in [-0.25, -0.2) is 18.0 Å². The van der Waals surface area contributed by atoms with Gasteiger partial charge in [0, 0.05) is 19.5 Å². The lowest BCUT2D eigenvalue weighted by Gasteiger charge is -2.35. The highest BCUT2D eigenvalue weighted by Crippen LogP contribution is 2.43. The number of esters is 1. The highest BCUT2D eigenvalue weighted by Gasteiger charge is 2.52. The number of benzene rings is 3. The number of hydrogen-bond donors (Lipinski definition) is 0. The number of carbonyl (C=O) groups excluding carboxylic acids is 3. The van der Waals surface area contributed by atoms with Crippen molar-refractivity contribution < 1.29 is 46.5 Å². The monoisotopic (exact) mass is 874 g/mol. The maximum atomic E-state index is 14.2. The Morgan fingerprint density at radius 3 is 2.28 bits per heavy atom. The zero-order valence-electron chi connectivity index (χ0n) is 36.6. The Balaban J connectivity index is 1.26. The molecule has 12 nitrogen and oxygen atoms in total. The molecule has 1 fully saturated rings. The standard InChI is InChI=1S/C47H58N2O10S2/c1-10-56-44(51)41-37-16-13-17-39(50)42(37)60-43(41)36-15-12-11-14-32(36)29-57-34-20-18-31(19-21-34)26-38-40(58-47(7,8)49(38)45(52)59-46(4,5)6)28-48(27-30(2)3)61(53,54)35-24-22-33(55-9)23-25-35/h11-12,14-15,18-25,30,38,40H,10,13,16-17,26-29H2,1-9H3/t38-,40+/m0/s1. The molecule has 328 valence electrons. The third-order valence-corrected chi connectivity index (χ3v) is 13.8. The van der Waals surface area contributed by atoms with E-state index >= 15 is 0 Å². The minimum absolute atomic E-state index is 0.000190. The van der Waals surface area contributed by atoms with Crippen LogP contribution >= 0.6 is 11.3 Å². The van der Waals surface area contributed by atoms with Crippen molar-refractivity contribution >= 4 is 39.2 Å². The average Bonchev–Trinajstić information content (AvgIpc) is 3.71. The summed E-state index contributed by atoms with van der Waals surface area (Å²) in [5, 5.41) is 0. The van der Waals surface area contributed by atoms with Crippen LogP contribution in [0, 0.1) is 5.92 Å². The molecule has 6 rings (SSSR count). The Hall–Kier alpha value is -4.76. The molecule has 0 radical (unpaired) electrons. The van der Waals surface area contributed by atoms with Gasteiger partial charge in [-0.05, 0) is 125 Å². The summed E-state index contributed by atoms with van der Waals surface area (Å²) in [6.07, 6.45) is 0.885. The quantitative estimate of drug-likeness (QED) is 0.106. The van der Waals surface area contributed by atoms with Gasteiger partial charge in [0.25, 0.3) is 0 Å². The van der Waals surface area contributed by atoms with Gasteiger partial charge in [0.15, 0.2) is 5.78 Å². The summed E-state index contributed by atoms with van der Waals surface area (Å²) < 4.78 is 59.4. The molecule has 0 bridgehead atoms. The Kier molecular flexibility index (Phi) is 14.0. The number of ketones is 1. The van der Waals surface area contributed by atoms with E-state index in [9.17, 15) is 22.8 Å². The minimum atomic E-state index is -3.97. The highest BCUT2D eigenvalue weighted by atomic mass is 32.2. The van der Waals surface area contributed by atoms with Crippen molar-refractivity contribution in [1.29, 1.82) is 0 Å². The number of ether oxygens (including phenoxy) is 5. The van der Waals surface area contributed by atoms with Crippen LogP contribution in [-0.4, -0.2) is 85.7 Å². The van der Waals surface area contributed by atoms with Gasteiger partial charge in [-0.2, -0.15) is 4.31 Å². The highest BCUT2D eigenvalue weighted by molar-refractivity contribution is 7.89. The second-order valence-corrected chi connectivity index (χ2v) is 20.3. The molecule has 1 aromatic heterocycles. The number of methoxy groups -OCH3 is 1. The molecule has 0 saturated carbocycles. The summed E-state index contributed by atoms with van der Waals surface area (Å²) in [5.74, 6) is 0.774. The summed E-state index contributed by atoms with van der Waals surface area (Å²) in [5.41, 5.74) is 1.87. The van der Waals surface area contributed by atoms with Gasteiger partial charge in [-0.1, -0.05) is 50.2 Å². The Bertz CT molecular complexity index is 2310. The fourth-order valence-corrected chi connectivity index (χ4v) is 10.9. The largest absolute Gasteiger partial charge is 0.497 e. The number of thiophene rings is 1. The lowest BCUT2D eigenvalue weighted by atomic mass is 9.92. The molecule has 0 N–H and O–H groups in total. The number of hydrogen-bond acceptors (Lipinski definition) is 11. The first kappa shape index (κ1) is 45.8. The summed E-state index contributed by atoms with van der Waals surface area (Å²) in [6.45, 7) is 15.3. The van der Waals surface area contributed by atoms with E-state index in [1.807, 2.05) is 62.4 Å². The van der Waals surface area contributed by atoms with Crippen molar-refractivity contribution in [2.75, 3.05) is 26.8 Å². The molecule has 1 amide bonds. The third-order valence-electron chi connectivity index (χ3n) is 10.6. The molecule has 2 heterocycles. The lowest BCUT2D eigenvalue weighted by Crippen LogP contribution is -2.52. The number of rotatable bonds is 15. The van der Waals surface area contributed by atoms with Crippen LogP contribution in [0.5, 0.6) is 11.5 Å². The maximum absolute atomic E-state index is 14.2. The Labute approximate surface area is 364 Å². The van der Waals surface area contributed by atoms with E-state index in [1.165, 1.54) is 34.9 Å². The van der Waals surface area contributed by atoms with E-state index in [1.54, 1.807) is 58.6 Å². The fourth-order valence-electron chi connectivity index (χ4n) is 7.96. The predicted octanol–water partition coefficient (Wildman–Crippen LogP) is 9.33. The van der Waals surface area contributed by atoms with Crippen LogP contribution in [0.2, 0.25) is 0 Å². The Morgan fingerprint density at radius 2 is 1.64 bits per heavy atom. The first-order valence-electron chi connectivity index (χ1n) is 20.8. The van der Waals surface area contributed by atoms with Crippen LogP contribution in [-0.2, 0) is 43.7 Å². The summed E-state index contributed by atoms with van der Waals surface area (Å²) in [4.78, 5) is 43.2. The normalized spacial score (nSPS) is 17.7. The second-order valence-electron chi connectivity index (χ2n) is 17.3. The van der Waals surface area contributed by atoms with Crippen LogP contribution in [0.4, 0.5) is 4.79 Å². The van der Waals surface area contributed by atoms with Crippen LogP contribution < -0.4 is 9.47 Å². The topological polar surface area (TPSA) is 138 Å². The van der Waals surface area contributed by atoms with Crippen molar-refractivity contribution in [1.82, 2.24) is 9.21 Å². The molecule has 2 aliphatic rings. The van der Waals surface area contributed by atoms with Gasteiger partial charge in [0.1, 0.15) is 29.4 Å². The molecule has 1 aliphatic carbocycles. The number of Topliss-reactive ketones (excluding diaryl/α,β-unsaturated/α-hetero) is 1. The molecule has 3 aromatic carbocycles. The first-order valence-corrected chi connectivity index (χ1v) is 23.1. The van der Waals surface area contributed by atoms with Crippen molar-refractivity contribution in [2.24, 2.45) is 5.92 Å². The maximum Gasteiger partial charge on any atom is 0.412 e. The molecule has 14 heteroatoms. The molecule has 2 atom stereocenters. The van der Waals surface area contributed by atoms with Gasteiger partial charge >= 0.3 is 12.1 Å². The van der Waals surface area contributed by atoms with E-state index < -0.39 is 45.6 Å². The van der Waals surface area contributed by atoms with E-state index in [-0.39, 0.29) is 42.9 Å². The van der Waals surface area contributed by atoms with Gasteiger partial charge in [0.2, 0.25) is 10.0 Å². The van der Waals surface area contributed by atoms with Crippen LogP contribution in [0.1, 0.15) is 105 Å². The zero-order valence-corrected chi connectivity index (χ0v) is 38.2. The minimum Gasteiger partial charge on any atom is -0.497 e. The average molecular weight is 875 g/mol. The van der Waals surface area contributed by atoms with Gasteiger partial charge in [-0.15, -0.1) is 11.3 Å². The molecular weight excluding hydrogens is 817 g/mol. The van der Waals surface area contributed by atoms with E-state index in [2.05, 4.69) is 0 Å². The van der Waals surface area contributed by atoms with Gasteiger partial charge in [-0.3, -0.25) is 9.69 Å². The lowest BCUT2D eigenvalue weighted by molar-refractivity contribution is -0.0807. The van der Waals surface area contributed by atoms with E-state index in [4.69, 9.17) is 23.7 Å². The number of sulfonamides is 1. The van der Waals surface area contributed by atoms with E-state index in [0.717, 1.165) is 22.3 Å². The smallest absolute Gasteiger partial charge is 0.412 e. The molecule has 0 unspecified atom stereocenters. The molecule has 4 aromatic rings. The van der Waals surface area contributed by atoms with Gasteiger partial charge in [0.05, 0.1) is 46.1 Å². The van der Waals surface area contributed by atoms with Crippen molar-refractivity contribution in [3.05, 3.63) is 99.9 Å². The molecule has 0 spiro atoms. The van der Waals surface area contributed by atoms with Crippen LogP contribution in [0.3, 0.4) is 0 Å².